The lowest BCUT2D eigenvalue weighted by Gasteiger charge is -2.45. The molecule has 0 aliphatic carbocycles. The van der Waals surface area contributed by atoms with Gasteiger partial charge in [-0.3, -0.25) is 19.3 Å². The molecule has 1 saturated heterocycles. The van der Waals surface area contributed by atoms with Gasteiger partial charge in [0.2, 0.25) is 11.8 Å². The second-order valence-electron chi connectivity index (χ2n) is 6.96. The number of benzene rings is 1. The summed E-state index contributed by atoms with van der Waals surface area (Å²) in [6.07, 6.45) is 1.67. The molecule has 2 aromatic rings. The molecular weight excluding hydrogens is 360 g/mol. The van der Waals surface area contributed by atoms with E-state index in [0.29, 0.717) is 11.4 Å². The van der Waals surface area contributed by atoms with Crippen LogP contribution in [0.2, 0.25) is 0 Å². The molecule has 9 heteroatoms. The molecule has 2 heterocycles. The van der Waals surface area contributed by atoms with Gasteiger partial charge in [0.25, 0.3) is 5.56 Å². The number of nitrogens with one attached hydrogen (secondary N) is 2. The zero-order valence-electron chi connectivity index (χ0n) is 16.2. The Hall–Kier alpha value is -3.20. The first kappa shape index (κ1) is 19.6. The van der Waals surface area contributed by atoms with Gasteiger partial charge < -0.3 is 15.5 Å². The minimum absolute atomic E-state index is 0.129. The van der Waals surface area contributed by atoms with Gasteiger partial charge in [-0.15, -0.1) is 0 Å². The minimum atomic E-state index is -0.163. The van der Waals surface area contributed by atoms with Crippen molar-refractivity contribution in [3.63, 3.8) is 0 Å². The SMILES string of the molecule is CC(=O)Nc1cccc(NC(=O)CN(C)C2CN(c3cnn(C)c(=O)c3)C2)c1. The molecule has 0 unspecified atom stereocenters. The van der Waals surface area contributed by atoms with E-state index in [1.807, 2.05) is 11.9 Å². The Bertz CT molecular complexity index is 935. The van der Waals surface area contributed by atoms with Crippen molar-refractivity contribution in [3.8, 4) is 0 Å². The van der Waals surface area contributed by atoms with Gasteiger partial charge in [0.05, 0.1) is 18.4 Å². The van der Waals surface area contributed by atoms with Crippen LogP contribution in [0.1, 0.15) is 6.92 Å². The van der Waals surface area contributed by atoms with Crippen LogP contribution in [0.4, 0.5) is 17.1 Å². The van der Waals surface area contributed by atoms with Gasteiger partial charge in [-0.05, 0) is 25.2 Å². The molecule has 28 heavy (non-hydrogen) atoms. The van der Waals surface area contributed by atoms with E-state index in [-0.39, 0.29) is 30.0 Å². The highest BCUT2D eigenvalue weighted by atomic mass is 16.2. The molecule has 1 aliphatic heterocycles. The van der Waals surface area contributed by atoms with E-state index in [4.69, 9.17) is 0 Å². The maximum absolute atomic E-state index is 12.3. The largest absolute Gasteiger partial charge is 0.367 e. The van der Waals surface area contributed by atoms with Crippen LogP contribution < -0.4 is 21.1 Å². The number of rotatable bonds is 6. The summed E-state index contributed by atoms with van der Waals surface area (Å²) >= 11 is 0. The highest BCUT2D eigenvalue weighted by Crippen LogP contribution is 2.21. The molecule has 0 atom stereocenters. The van der Waals surface area contributed by atoms with Crippen LogP contribution in [0.15, 0.2) is 41.3 Å². The van der Waals surface area contributed by atoms with Crippen LogP contribution in [0.25, 0.3) is 0 Å². The molecule has 2 N–H and O–H groups in total. The van der Waals surface area contributed by atoms with E-state index in [1.165, 1.54) is 11.6 Å². The van der Waals surface area contributed by atoms with Gasteiger partial charge in [-0.2, -0.15) is 5.10 Å². The zero-order valence-corrected chi connectivity index (χ0v) is 16.2. The number of amides is 2. The van der Waals surface area contributed by atoms with E-state index >= 15 is 0 Å². The highest BCUT2D eigenvalue weighted by molar-refractivity contribution is 5.94. The number of hydrogen-bond acceptors (Lipinski definition) is 6. The van der Waals surface area contributed by atoms with Crippen molar-refractivity contribution < 1.29 is 9.59 Å². The molecule has 148 valence electrons. The van der Waals surface area contributed by atoms with E-state index < -0.39 is 0 Å². The van der Waals surface area contributed by atoms with Crippen LogP contribution in [0.5, 0.6) is 0 Å². The lowest BCUT2D eigenvalue weighted by Crippen LogP contribution is -2.59. The van der Waals surface area contributed by atoms with Crippen LogP contribution in [0.3, 0.4) is 0 Å². The lowest BCUT2D eigenvalue weighted by molar-refractivity contribution is -0.117. The van der Waals surface area contributed by atoms with Gasteiger partial charge in [0.15, 0.2) is 0 Å². The number of anilines is 3. The Morgan fingerprint density at radius 3 is 2.54 bits per heavy atom. The number of likely N-dealkylation sites (N-methyl/N-ethyl adjacent to an activating group) is 1. The number of carbonyl (C=O) groups is 2. The molecule has 1 fully saturated rings. The predicted octanol–water partition coefficient (Wildman–Crippen LogP) is 0.498. The average Bonchev–Trinajstić information content (AvgIpc) is 2.56. The quantitative estimate of drug-likeness (QED) is 0.752. The van der Waals surface area contributed by atoms with E-state index in [9.17, 15) is 14.4 Å². The Morgan fingerprint density at radius 1 is 1.21 bits per heavy atom. The summed E-state index contributed by atoms with van der Waals surface area (Å²) in [4.78, 5) is 39.2. The molecule has 0 spiro atoms. The van der Waals surface area contributed by atoms with Crippen molar-refractivity contribution in [1.29, 1.82) is 0 Å². The fourth-order valence-electron chi connectivity index (χ4n) is 3.01. The molecular formula is C19H24N6O3. The summed E-state index contributed by atoms with van der Waals surface area (Å²) in [6.45, 7) is 3.15. The number of aryl methyl sites for hydroxylation is 1. The van der Waals surface area contributed by atoms with Crippen molar-refractivity contribution in [2.45, 2.75) is 13.0 Å². The molecule has 9 nitrogen and oxygen atoms in total. The number of nitrogens with zero attached hydrogens (tertiary/aromatic N) is 4. The first-order valence-electron chi connectivity index (χ1n) is 8.98. The third kappa shape index (κ3) is 4.74. The van der Waals surface area contributed by atoms with Gasteiger partial charge in [0.1, 0.15) is 0 Å². The second-order valence-corrected chi connectivity index (χ2v) is 6.96. The first-order chi connectivity index (χ1) is 13.3. The van der Waals surface area contributed by atoms with Crippen LogP contribution in [-0.2, 0) is 16.6 Å². The van der Waals surface area contributed by atoms with Crippen molar-refractivity contribution in [1.82, 2.24) is 14.7 Å². The van der Waals surface area contributed by atoms with Crippen molar-refractivity contribution >= 4 is 28.9 Å². The lowest BCUT2D eigenvalue weighted by atomic mass is 10.1. The van der Waals surface area contributed by atoms with Crippen molar-refractivity contribution in [3.05, 3.63) is 46.9 Å². The summed E-state index contributed by atoms with van der Waals surface area (Å²) in [5.74, 6) is -0.291. The fraction of sp³-hybridized carbons (Fsp3) is 0.368. The maximum atomic E-state index is 12.3. The highest BCUT2D eigenvalue weighted by Gasteiger charge is 2.31. The third-order valence-corrected chi connectivity index (χ3v) is 4.66. The third-order valence-electron chi connectivity index (χ3n) is 4.66. The van der Waals surface area contributed by atoms with E-state index in [2.05, 4.69) is 20.6 Å². The summed E-state index contributed by atoms with van der Waals surface area (Å²) in [6, 6.07) is 8.81. The molecule has 2 amide bonds. The van der Waals surface area contributed by atoms with Gasteiger partial charge in [-0.25, -0.2) is 4.68 Å². The Balaban J connectivity index is 1.49. The number of hydrogen-bond donors (Lipinski definition) is 2. The summed E-state index contributed by atoms with van der Waals surface area (Å²) < 4.78 is 1.29. The minimum Gasteiger partial charge on any atom is -0.367 e. The maximum Gasteiger partial charge on any atom is 0.268 e. The van der Waals surface area contributed by atoms with Gasteiger partial charge >= 0.3 is 0 Å². The van der Waals surface area contributed by atoms with E-state index in [1.54, 1.807) is 43.6 Å². The zero-order chi connectivity index (χ0) is 20.3. The van der Waals surface area contributed by atoms with Crippen LogP contribution >= 0.6 is 0 Å². The van der Waals surface area contributed by atoms with Gasteiger partial charge in [-0.1, -0.05) is 6.07 Å². The monoisotopic (exact) mass is 384 g/mol. The molecule has 3 rings (SSSR count). The van der Waals surface area contributed by atoms with E-state index in [0.717, 1.165) is 18.8 Å². The van der Waals surface area contributed by atoms with Crippen molar-refractivity contribution in [2.24, 2.45) is 7.05 Å². The van der Waals surface area contributed by atoms with Crippen LogP contribution in [0, 0.1) is 0 Å². The smallest absolute Gasteiger partial charge is 0.268 e. The Labute approximate surface area is 162 Å². The Kier molecular flexibility index (Phi) is 5.74. The van der Waals surface area contributed by atoms with Crippen LogP contribution in [-0.4, -0.2) is 59.2 Å². The number of carbonyl (C=O) groups excluding carboxylic acids is 2. The average molecular weight is 384 g/mol. The predicted molar refractivity (Wildman–Crippen MR) is 107 cm³/mol. The summed E-state index contributed by atoms with van der Waals surface area (Å²) in [5.41, 5.74) is 1.92. The molecule has 1 aliphatic rings. The fourth-order valence-corrected chi connectivity index (χ4v) is 3.01. The normalized spacial score (nSPS) is 13.9. The molecule has 0 saturated carbocycles. The number of aromatic nitrogens is 2. The molecule has 0 bridgehead atoms. The standard InChI is InChI=1S/C19H24N6O3/c1-13(26)21-14-5-4-6-15(7-14)22-18(27)12-23(2)17-10-25(11-17)16-8-19(28)24(3)20-9-16/h4-9,17H,10-12H2,1-3H3,(H,21,26)(H,22,27). The molecule has 1 aromatic carbocycles. The van der Waals surface area contributed by atoms with Gasteiger partial charge in [0, 0.05) is 50.5 Å². The van der Waals surface area contributed by atoms with Crippen molar-refractivity contribution in [2.75, 3.05) is 42.2 Å². The molecule has 0 radical (unpaired) electrons. The Morgan fingerprint density at radius 2 is 1.89 bits per heavy atom. The summed E-state index contributed by atoms with van der Waals surface area (Å²) in [5, 5.41) is 9.57. The second kappa shape index (κ2) is 8.22. The first-order valence-corrected chi connectivity index (χ1v) is 8.98. The summed E-state index contributed by atoms with van der Waals surface area (Å²) in [7, 11) is 3.51. The topological polar surface area (TPSA) is 99.6 Å². The molecule has 1 aromatic heterocycles.